The largest absolute Gasteiger partial charge is 0.496 e. The van der Waals surface area contributed by atoms with Crippen molar-refractivity contribution in [1.29, 1.82) is 0 Å². The second-order valence-electron chi connectivity index (χ2n) is 3.84. The molecule has 0 aliphatic rings. The Morgan fingerprint density at radius 2 is 2.00 bits per heavy atom. The van der Waals surface area contributed by atoms with Gasteiger partial charge in [0.15, 0.2) is 0 Å². The maximum absolute atomic E-state index is 6.13. The van der Waals surface area contributed by atoms with Crippen molar-refractivity contribution in [2.75, 3.05) is 7.11 Å². The lowest BCUT2D eigenvalue weighted by Crippen LogP contribution is -2.11. The monoisotopic (exact) mass is 207 g/mol. The molecule has 84 valence electrons. The third kappa shape index (κ3) is 3.56. The lowest BCUT2D eigenvalue weighted by molar-refractivity contribution is 0.403. The molecule has 2 heteroatoms. The summed E-state index contributed by atoms with van der Waals surface area (Å²) in [5, 5.41) is 0. The summed E-state index contributed by atoms with van der Waals surface area (Å²) in [5.41, 5.74) is 7.25. The molecule has 0 saturated carbocycles. The normalized spacial score (nSPS) is 12.5. The number of rotatable bonds is 6. The first-order valence-electron chi connectivity index (χ1n) is 5.68. The molecule has 1 unspecified atom stereocenters. The van der Waals surface area contributed by atoms with E-state index in [4.69, 9.17) is 10.5 Å². The minimum atomic E-state index is 0.104. The summed E-state index contributed by atoms with van der Waals surface area (Å²) in [7, 11) is 1.69. The van der Waals surface area contributed by atoms with Gasteiger partial charge in [0.05, 0.1) is 7.11 Å². The van der Waals surface area contributed by atoms with Crippen molar-refractivity contribution < 1.29 is 4.74 Å². The predicted octanol–water partition coefficient (Wildman–Crippen LogP) is 3.28. The molecule has 15 heavy (non-hydrogen) atoms. The Kier molecular flexibility index (Phi) is 5.19. The van der Waals surface area contributed by atoms with Gasteiger partial charge in [-0.25, -0.2) is 0 Å². The number of hydrogen-bond acceptors (Lipinski definition) is 2. The van der Waals surface area contributed by atoms with Gasteiger partial charge in [-0.3, -0.25) is 0 Å². The van der Waals surface area contributed by atoms with E-state index in [9.17, 15) is 0 Å². The summed E-state index contributed by atoms with van der Waals surface area (Å²) < 4.78 is 5.29. The van der Waals surface area contributed by atoms with Crippen molar-refractivity contribution in [2.45, 2.75) is 38.6 Å². The SMILES string of the molecule is CCCCCC(N)c1ccccc1OC. The fraction of sp³-hybridized carbons (Fsp3) is 0.538. The van der Waals surface area contributed by atoms with Crippen LogP contribution >= 0.6 is 0 Å². The Bertz CT molecular complexity index is 286. The highest BCUT2D eigenvalue weighted by atomic mass is 16.5. The van der Waals surface area contributed by atoms with E-state index in [1.807, 2.05) is 18.2 Å². The van der Waals surface area contributed by atoms with Crippen molar-refractivity contribution in [3.63, 3.8) is 0 Å². The molecule has 0 aromatic heterocycles. The van der Waals surface area contributed by atoms with Crippen molar-refractivity contribution in [2.24, 2.45) is 5.73 Å². The first-order valence-corrected chi connectivity index (χ1v) is 5.68. The maximum atomic E-state index is 6.13. The lowest BCUT2D eigenvalue weighted by atomic mass is 10.0. The maximum Gasteiger partial charge on any atom is 0.123 e. The van der Waals surface area contributed by atoms with E-state index in [0.717, 1.165) is 17.7 Å². The van der Waals surface area contributed by atoms with Crippen LogP contribution in [0.2, 0.25) is 0 Å². The number of methoxy groups -OCH3 is 1. The number of hydrogen-bond donors (Lipinski definition) is 1. The number of ether oxygens (including phenoxy) is 1. The minimum Gasteiger partial charge on any atom is -0.496 e. The molecule has 2 nitrogen and oxygen atoms in total. The number of unbranched alkanes of at least 4 members (excludes halogenated alkanes) is 2. The van der Waals surface area contributed by atoms with Crippen molar-refractivity contribution >= 4 is 0 Å². The molecule has 0 heterocycles. The van der Waals surface area contributed by atoms with Gasteiger partial charge in [0.2, 0.25) is 0 Å². The Morgan fingerprint density at radius 1 is 1.27 bits per heavy atom. The smallest absolute Gasteiger partial charge is 0.123 e. The van der Waals surface area contributed by atoms with E-state index in [2.05, 4.69) is 13.0 Å². The van der Waals surface area contributed by atoms with E-state index >= 15 is 0 Å². The van der Waals surface area contributed by atoms with Crippen LogP contribution in [0.3, 0.4) is 0 Å². The van der Waals surface area contributed by atoms with Gasteiger partial charge in [-0.1, -0.05) is 44.4 Å². The average Bonchev–Trinajstić information content (AvgIpc) is 2.29. The van der Waals surface area contributed by atoms with Gasteiger partial charge in [-0.2, -0.15) is 0 Å². The fourth-order valence-electron chi connectivity index (χ4n) is 1.74. The first-order chi connectivity index (χ1) is 7.29. The van der Waals surface area contributed by atoms with E-state index in [1.54, 1.807) is 7.11 Å². The molecule has 0 aliphatic carbocycles. The number of para-hydroxylation sites is 1. The Hall–Kier alpha value is -1.02. The molecular formula is C13H21NO. The molecule has 1 atom stereocenters. The zero-order valence-corrected chi connectivity index (χ0v) is 9.70. The van der Waals surface area contributed by atoms with Crippen LogP contribution in [0.5, 0.6) is 5.75 Å². The second-order valence-corrected chi connectivity index (χ2v) is 3.84. The van der Waals surface area contributed by atoms with E-state index in [1.165, 1.54) is 19.3 Å². The zero-order chi connectivity index (χ0) is 11.1. The van der Waals surface area contributed by atoms with Crippen LogP contribution in [0.15, 0.2) is 24.3 Å². The van der Waals surface area contributed by atoms with Crippen LogP contribution in [-0.2, 0) is 0 Å². The summed E-state index contributed by atoms with van der Waals surface area (Å²) in [5.74, 6) is 0.904. The van der Waals surface area contributed by atoms with Gasteiger partial charge in [-0.05, 0) is 12.5 Å². The van der Waals surface area contributed by atoms with Crippen molar-refractivity contribution in [1.82, 2.24) is 0 Å². The van der Waals surface area contributed by atoms with Gasteiger partial charge < -0.3 is 10.5 Å². The molecule has 2 N–H and O–H groups in total. The van der Waals surface area contributed by atoms with Crippen molar-refractivity contribution in [3.05, 3.63) is 29.8 Å². The van der Waals surface area contributed by atoms with E-state index < -0.39 is 0 Å². The van der Waals surface area contributed by atoms with E-state index in [-0.39, 0.29) is 6.04 Å². The Labute approximate surface area is 92.4 Å². The number of nitrogens with two attached hydrogens (primary N) is 1. The quantitative estimate of drug-likeness (QED) is 0.726. The lowest BCUT2D eigenvalue weighted by Gasteiger charge is -2.15. The zero-order valence-electron chi connectivity index (χ0n) is 9.70. The van der Waals surface area contributed by atoms with Gasteiger partial charge in [0, 0.05) is 11.6 Å². The molecule has 0 spiro atoms. The van der Waals surface area contributed by atoms with Crippen LogP contribution < -0.4 is 10.5 Å². The summed E-state index contributed by atoms with van der Waals surface area (Å²) in [6, 6.07) is 8.11. The third-order valence-corrected chi connectivity index (χ3v) is 2.66. The summed E-state index contributed by atoms with van der Waals surface area (Å²) >= 11 is 0. The highest BCUT2D eigenvalue weighted by molar-refractivity contribution is 5.35. The molecule has 0 aliphatic heterocycles. The average molecular weight is 207 g/mol. The molecular weight excluding hydrogens is 186 g/mol. The van der Waals surface area contributed by atoms with Gasteiger partial charge in [0.1, 0.15) is 5.75 Å². The van der Waals surface area contributed by atoms with E-state index in [0.29, 0.717) is 0 Å². The standard InChI is InChI=1S/C13H21NO/c1-3-4-5-9-12(14)11-8-6-7-10-13(11)15-2/h6-8,10,12H,3-5,9,14H2,1-2H3. The summed E-state index contributed by atoms with van der Waals surface area (Å²) in [6.45, 7) is 2.20. The Balaban J connectivity index is 2.59. The molecule has 0 fully saturated rings. The second kappa shape index (κ2) is 6.46. The first kappa shape index (κ1) is 12.1. The third-order valence-electron chi connectivity index (χ3n) is 2.66. The van der Waals surface area contributed by atoms with Crippen LogP contribution in [0.1, 0.15) is 44.2 Å². The molecule has 0 bridgehead atoms. The highest BCUT2D eigenvalue weighted by Crippen LogP contribution is 2.26. The molecule has 1 aromatic rings. The minimum absolute atomic E-state index is 0.104. The number of benzene rings is 1. The van der Waals surface area contributed by atoms with Crippen LogP contribution in [-0.4, -0.2) is 7.11 Å². The summed E-state index contributed by atoms with van der Waals surface area (Å²) in [6.07, 6.45) is 4.71. The predicted molar refractivity (Wildman–Crippen MR) is 64.1 cm³/mol. The Morgan fingerprint density at radius 3 is 2.67 bits per heavy atom. The van der Waals surface area contributed by atoms with Crippen molar-refractivity contribution in [3.8, 4) is 5.75 Å². The van der Waals surface area contributed by atoms with Gasteiger partial charge in [-0.15, -0.1) is 0 Å². The molecule has 0 saturated heterocycles. The van der Waals surface area contributed by atoms with Crippen LogP contribution in [0.25, 0.3) is 0 Å². The van der Waals surface area contributed by atoms with Crippen LogP contribution in [0, 0.1) is 0 Å². The van der Waals surface area contributed by atoms with Crippen LogP contribution in [0.4, 0.5) is 0 Å². The highest BCUT2D eigenvalue weighted by Gasteiger charge is 2.10. The van der Waals surface area contributed by atoms with Gasteiger partial charge >= 0.3 is 0 Å². The molecule has 1 rings (SSSR count). The summed E-state index contributed by atoms with van der Waals surface area (Å²) in [4.78, 5) is 0. The topological polar surface area (TPSA) is 35.2 Å². The fourth-order valence-corrected chi connectivity index (χ4v) is 1.74. The van der Waals surface area contributed by atoms with Gasteiger partial charge in [0.25, 0.3) is 0 Å². The molecule has 0 radical (unpaired) electrons. The molecule has 1 aromatic carbocycles. The molecule has 0 amide bonds.